The number of aliphatic hydroxyl groups excluding tert-OH is 2. The first kappa shape index (κ1) is 28.5. The van der Waals surface area contributed by atoms with Crippen LogP contribution in [0.15, 0.2) is 36.5 Å². The number of hydrogen-bond donors (Lipinski definition) is 3. The number of ether oxygens (including phenoxy) is 1. The van der Waals surface area contributed by atoms with Crippen molar-refractivity contribution in [3.8, 4) is 23.0 Å². The van der Waals surface area contributed by atoms with Gasteiger partial charge in [-0.1, -0.05) is 25.1 Å². The summed E-state index contributed by atoms with van der Waals surface area (Å²) < 4.78 is 38.3. The maximum atomic E-state index is 16.9. The van der Waals surface area contributed by atoms with Crippen molar-refractivity contribution in [2.45, 2.75) is 82.0 Å². The van der Waals surface area contributed by atoms with E-state index in [9.17, 15) is 15.3 Å². The number of rotatable bonds is 6. The minimum Gasteiger partial charge on any atom is -0.508 e. The lowest BCUT2D eigenvalue weighted by atomic mass is 9.52. The van der Waals surface area contributed by atoms with E-state index < -0.39 is 24.2 Å². The number of anilines is 1. The van der Waals surface area contributed by atoms with Gasteiger partial charge in [0.1, 0.15) is 41.2 Å². The molecule has 5 saturated heterocycles. The van der Waals surface area contributed by atoms with Crippen LogP contribution in [0.2, 0.25) is 0 Å². The summed E-state index contributed by atoms with van der Waals surface area (Å²) >= 11 is 0. The zero-order chi connectivity index (χ0) is 31.5. The summed E-state index contributed by atoms with van der Waals surface area (Å²) in [5.74, 6) is 0.0261. The Labute approximate surface area is 264 Å². The van der Waals surface area contributed by atoms with E-state index in [1.54, 1.807) is 6.07 Å². The average Bonchev–Trinajstić information content (AvgIpc) is 3.28. The molecule has 2 aromatic carbocycles. The van der Waals surface area contributed by atoms with Gasteiger partial charge in [-0.25, -0.2) is 8.78 Å². The summed E-state index contributed by atoms with van der Waals surface area (Å²) in [5, 5.41) is 33.8. The number of aryl methyl sites for hydroxylation is 1. The average molecular weight is 630 g/mol. The number of pyridine rings is 1. The molecule has 0 radical (unpaired) electrons. The zero-order valence-electron chi connectivity index (χ0n) is 25.6. The number of aromatic hydroxyl groups is 1. The van der Waals surface area contributed by atoms with Crippen molar-refractivity contribution in [2.24, 2.45) is 11.3 Å². The highest BCUT2D eigenvalue weighted by atomic mass is 19.1. The summed E-state index contributed by atoms with van der Waals surface area (Å²) in [7, 11) is 0. The Hall–Kier alpha value is -3.67. The van der Waals surface area contributed by atoms with Crippen molar-refractivity contribution in [3.05, 3.63) is 47.9 Å². The van der Waals surface area contributed by atoms with E-state index >= 15 is 8.78 Å². The number of aromatic nitrogens is 3. The molecule has 46 heavy (non-hydrogen) atoms. The number of phenolic OH excluding ortho intramolecular Hbond substituents is 1. The summed E-state index contributed by atoms with van der Waals surface area (Å²) in [6.45, 7) is 3.62. The molecule has 7 heterocycles. The Kier molecular flexibility index (Phi) is 6.31. The fraction of sp³-hybridized carbons (Fsp3) is 0.514. The maximum Gasteiger partial charge on any atom is 0.319 e. The van der Waals surface area contributed by atoms with E-state index in [4.69, 9.17) is 9.72 Å². The minimum absolute atomic E-state index is 0.00140. The van der Waals surface area contributed by atoms with Crippen molar-refractivity contribution in [3.63, 3.8) is 0 Å². The van der Waals surface area contributed by atoms with Crippen LogP contribution in [-0.4, -0.2) is 91.4 Å². The van der Waals surface area contributed by atoms with E-state index in [2.05, 4.69) is 14.9 Å². The van der Waals surface area contributed by atoms with Crippen LogP contribution in [0.5, 0.6) is 11.8 Å². The third-order valence-corrected chi connectivity index (χ3v) is 11.8. The quantitative estimate of drug-likeness (QED) is 0.283. The molecule has 9 atom stereocenters. The molecule has 240 valence electrons. The second kappa shape index (κ2) is 10.2. The number of aliphatic hydroxyl groups is 2. The molecule has 9 nitrogen and oxygen atoms in total. The molecule has 5 unspecified atom stereocenters. The SMILES string of the molecule is CCc1cccc2cc(O)cc(-c3ncc4c(N5C6CC5[C@H](O)[C@@H]6O)nc(OC[C@@]56C[C@@H](F)CN7CCCC5CC76)nc4c3F)c12. The molecule has 7 fully saturated rings. The number of nitrogens with zero attached hydrogens (tertiary/aromatic N) is 5. The number of piperidine rings is 1. The van der Waals surface area contributed by atoms with Crippen LogP contribution in [0.25, 0.3) is 32.9 Å². The first-order chi connectivity index (χ1) is 22.3. The molecular weight excluding hydrogens is 592 g/mol. The van der Waals surface area contributed by atoms with Gasteiger partial charge in [-0.15, -0.1) is 0 Å². The summed E-state index contributed by atoms with van der Waals surface area (Å²) in [5.41, 5.74) is 1.16. The van der Waals surface area contributed by atoms with Crippen LogP contribution in [-0.2, 0) is 6.42 Å². The predicted molar refractivity (Wildman–Crippen MR) is 168 cm³/mol. The highest BCUT2D eigenvalue weighted by Crippen LogP contribution is 2.59. The molecule has 5 aliphatic heterocycles. The zero-order valence-corrected chi connectivity index (χ0v) is 25.6. The number of fused-ring (bicyclic) bond motifs is 5. The van der Waals surface area contributed by atoms with E-state index in [0.717, 1.165) is 42.1 Å². The molecule has 11 heteroatoms. The molecule has 0 spiro atoms. The molecule has 11 rings (SSSR count). The van der Waals surface area contributed by atoms with Gasteiger partial charge < -0.3 is 25.0 Å². The largest absolute Gasteiger partial charge is 0.508 e. The van der Waals surface area contributed by atoms with Crippen molar-refractivity contribution in [1.82, 2.24) is 19.9 Å². The van der Waals surface area contributed by atoms with E-state index in [1.807, 2.05) is 30.0 Å². The Morgan fingerprint density at radius 3 is 2.72 bits per heavy atom. The van der Waals surface area contributed by atoms with Crippen molar-refractivity contribution >= 4 is 27.5 Å². The van der Waals surface area contributed by atoms with Crippen LogP contribution < -0.4 is 9.64 Å². The highest BCUT2D eigenvalue weighted by molar-refractivity contribution is 6.01. The second-order valence-corrected chi connectivity index (χ2v) is 14.0. The molecule has 4 aromatic rings. The molecule has 2 saturated carbocycles. The number of hydrogen-bond acceptors (Lipinski definition) is 9. The third kappa shape index (κ3) is 3.91. The standard InChI is InChI=1S/C35H37F2N5O4/c1-2-17-5-3-6-18-9-21(43)11-22(27(17)18)29-28(37)30-23(14-38-29)33(42-24-12-25(42)32(45)31(24)44)40-34(39-30)46-16-35-13-20(36)15-41-8-4-7-19(35)10-26(35)41/h3,5-6,9,11,14,19-20,24-26,31-32,43-45H,2,4,7-8,10,12-13,15-16H2,1H3/t19?,20-,24?,25?,26?,31-,32+,35+/m1/s1. The summed E-state index contributed by atoms with van der Waals surface area (Å²) in [6, 6.07) is 8.45. The molecule has 6 bridgehead atoms. The van der Waals surface area contributed by atoms with Crippen LogP contribution in [0, 0.1) is 17.2 Å². The van der Waals surface area contributed by atoms with E-state index in [0.29, 0.717) is 48.5 Å². The molecule has 0 amide bonds. The molecule has 2 aliphatic carbocycles. The monoisotopic (exact) mass is 629 g/mol. The Bertz CT molecular complexity index is 1880. The van der Waals surface area contributed by atoms with Gasteiger partial charge >= 0.3 is 6.01 Å². The first-order valence-electron chi connectivity index (χ1n) is 16.5. The third-order valence-electron chi connectivity index (χ3n) is 11.8. The van der Waals surface area contributed by atoms with Crippen molar-refractivity contribution < 1.29 is 28.8 Å². The van der Waals surface area contributed by atoms with Crippen LogP contribution in [0.1, 0.15) is 44.6 Å². The lowest BCUT2D eigenvalue weighted by molar-refractivity contribution is -0.148. The molecule has 7 aliphatic rings. The Morgan fingerprint density at radius 2 is 1.93 bits per heavy atom. The van der Waals surface area contributed by atoms with Gasteiger partial charge in [0.05, 0.1) is 24.1 Å². The van der Waals surface area contributed by atoms with Gasteiger partial charge in [0.2, 0.25) is 0 Å². The summed E-state index contributed by atoms with van der Waals surface area (Å²) in [6.07, 6.45) is 3.54. The van der Waals surface area contributed by atoms with Gasteiger partial charge in [-0.05, 0) is 79.5 Å². The Balaban J connectivity index is 1.18. The summed E-state index contributed by atoms with van der Waals surface area (Å²) in [4.78, 5) is 18.0. The lowest BCUT2D eigenvalue weighted by Gasteiger charge is -2.61. The molecular formula is C35H37F2N5O4. The number of alkyl halides is 1. The topological polar surface area (TPSA) is 115 Å². The fourth-order valence-electron chi connectivity index (χ4n) is 9.59. The number of benzene rings is 2. The van der Waals surface area contributed by atoms with Gasteiger partial charge in [0.15, 0.2) is 5.82 Å². The van der Waals surface area contributed by atoms with E-state index in [-0.39, 0.29) is 53.1 Å². The lowest BCUT2D eigenvalue weighted by Crippen LogP contribution is -2.67. The van der Waals surface area contributed by atoms with Crippen LogP contribution in [0.4, 0.5) is 14.6 Å². The van der Waals surface area contributed by atoms with Gasteiger partial charge in [-0.2, -0.15) is 9.97 Å². The smallest absolute Gasteiger partial charge is 0.319 e. The predicted octanol–water partition coefficient (Wildman–Crippen LogP) is 4.53. The van der Waals surface area contributed by atoms with Crippen molar-refractivity contribution in [2.75, 3.05) is 24.6 Å². The van der Waals surface area contributed by atoms with Crippen molar-refractivity contribution in [1.29, 1.82) is 0 Å². The van der Waals surface area contributed by atoms with Gasteiger partial charge in [0, 0.05) is 29.8 Å². The molecule has 3 N–H and O–H groups in total. The number of phenols is 1. The normalized spacial score (nSPS) is 34.3. The molecule has 2 aromatic heterocycles. The fourth-order valence-corrected chi connectivity index (χ4v) is 9.59. The maximum absolute atomic E-state index is 16.9. The second-order valence-electron chi connectivity index (χ2n) is 14.0. The Morgan fingerprint density at radius 1 is 1.11 bits per heavy atom. The van der Waals surface area contributed by atoms with E-state index in [1.165, 1.54) is 12.3 Å². The van der Waals surface area contributed by atoms with Gasteiger partial charge in [-0.3, -0.25) is 9.88 Å². The number of halogens is 2. The first-order valence-corrected chi connectivity index (χ1v) is 16.5. The highest BCUT2D eigenvalue weighted by Gasteiger charge is 2.62. The minimum atomic E-state index is -0.950. The van der Waals surface area contributed by atoms with Gasteiger partial charge in [0.25, 0.3) is 0 Å². The van der Waals surface area contributed by atoms with Crippen LogP contribution in [0.3, 0.4) is 0 Å². The van der Waals surface area contributed by atoms with Crippen LogP contribution >= 0.6 is 0 Å².